The van der Waals surface area contributed by atoms with E-state index in [0.29, 0.717) is 6.42 Å². The highest BCUT2D eigenvalue weighted by Crippen LogP contribution is 2.29. The lowest BCUT2D eigenvalue weighted by Crippen LogP contribution is -2.44. The summed E-state index contributed by atoms with van der Waals surface area (Å²) in [5, 5.41) is 20.3. The van der Waals surface area contributed by atoms with Crippen LogP contribution in [-0.2, 0) is 4.74 Å². The Bertz CT molecular complexity index is 543. The molecule has 1 amide bonds. The van der Waals surface area contributed by atoms with E-state index in [0.717, 1.165) is 12.0 Å². The SMILES string of the molecule is CO[C@@H]1CC[C@@H](N(C)C(=O)c2cc(C(C)C)ccc2O)[C@H]1O. The first kappa shape index (κ1) is 16.8. The fraction of sp³-hybridized carbons (Fsp3) is 0.588. The molecule has 0 spiro atoms. The topological polar surface area (TPSA) is 70.0 Å². The first-order valence-corrected chi connectivity index (χ1v) is 7.67. The predicted octanol–water partition coefficient (Wildman–Crippen LogP) is 2.13. The summed E-state index contributed by atoms with van der Waals surface area (Å²) in [6.45, 7) is 4.07. The lowest BCUT2D eigenvalue weighted by atomic mass is 9.99. The van der Waals surface area contributed by atoms with Crippen LogP contribution >= 0.6 is 0 Å². The number of ether oxygens (including phenoxy) is 1. The van der Waals surface area contributed by atoms with Gasteiger partial charge in [-0.3, -0.25) is 4.79 Å². The Morgan fingerprint density at radius 1 is 1.36 bits per heavy atom. The lowest BCUT2D eigenvalue weighted by molar-refractivity contribution is -0.0156. The monoisotopic (exact) mass is 307 g/mol. The maximum Gasteiger partial charge on any atom is 0.257 e. The minimum absolute atomic E-state index is 0.0305. The number of carbonyl (C=O) groups excluding carboxylic acids is 1. The highest BCUT2D eigenvalue weighted by Gasteiger charge is 2.39. The largest absolute Gasteiger partial charge is 0.507 e. The maximum atomic E-state index is 12.7. The number of phenolic OH excluding ortho intramolecular Hbond substituents is 1. The normalized spacial score (nSPS) is 24.7. The number of amides is 1. The summed E-state index contributed by atoms with van der Waals surface area (Å²) in [5.41, 5.74) is 1.28. The standard InChI is InChI=1S/C17H25NO4/c1-10(2)11-5-7-14(19)12(9-11)17(21)18(3)13-6-8-15(22-4)16(13)20/h5,7,9-10,13,15-16,19-20H,6,8H2,1-4H3/t13-,15-,16-/m1/s1. The highest BCUT2D eigenvalue weighted by atomic mass is 16.5. The second-order valence-corrected chi connectivity index (χ2v) is 6.26. The molecule has 22 heavy (non-hydrogen) atoms. The zero-order chi connectivity index (χ0) is 16.4. The van der Waals surface area contributed by atoms with E-state index in [-0.39, 0.29) is 35.3 Å². The molecule has 1 aliphatic rings. The molecular formula is C17H25NO4. The summed E-state index contributed by atoms with van der Waals surface area (Å²) in [6.07, 6.45) is 0.468. The zero-order valence-electron chi connectivity index (χ0n) is 13.6. The van der Waals surface area contributed by atoms with Crippen molar-refractivity contribution in [3.8, 4) is 5.75 Å². The number of aromatic hydroxyl groups is 1. The summed E-state index contributed by atoms with van der Waals surface area (Å²) in [7, 11) is 3.23. The van der Waals surface area contributed by atoms with E-state index in [4.69, 9.17) is 4.74 Å². The number of nitrogens with zero attached hydrogens (tertiary/aromatic N) is 1. The average Bonchev–Trinajstić information content (AvgIpc) is 2.86. The van der Waals surface area contributed by atoms with Gasteiger partial charge in [-0.15, -0.1) is 0 Å². The third kappa shape index (κ3) is 3.10. The van der Waals surface area contributed by atoms with Gasteiger partial charge in [-0.1, -0.05) is 19.9 Å². The van der Waals surface area contributed by atoms with E-state index in [1.54, 1.807) is 26.3 Å². The first-order valence-electron chi connectivity index (χ1n) is 7.67. The van der Waals surface area contributed by atoms with Gasteiger partial charge in [0.2, 0.25) is 0 Å². The van der Waals surface area contributed by atoms with Crippen LogP contribution in [0, 0.1) is 0 Å². The zero-order valence-corrected chi connectivity index (χ0v) is 13.6. The van der Waals surface area contributed by atoms with Crippen LogP contribution in [0.1, 0.15) is 48.5 Å². The van der Waals surface area contributed by atoms with Gasteiger partial charge in [-0.2, -0.15) is 0 Å². The van der Waals surface area contributed by atoms with Crippen molar-refractivity contribution < 1.29 is 19.7 Å². The number of benzene rings is 1. The first-order chi connectivity index (χ1) is 10.4. The predicted molar refractivity (Wildman–Crippen MR) is 84.1 cm³/mol. The minimum Gasteiger partial charge on any atom is -0.507 e. The summed E-state index contributed by atoms with van der Waals surface area (Å²) >= 11 is 0. The van der Waals surface area contributed by atoms with E-state index >= 15 is 0 Å². The molecule has 0 unspecified atom stereocenters. The van der Waals surface area contributed by atoms with Gasteiger partial charge in [0.25, 0.3) is 5.91 Å². The van der Waals surface area contributed by atoms with Crippen molar-refractivity contribution in [1.82, 2.24) is 4.90 Å². The van der Waals surface area contributed by atoms with Crippen molar-refractivity contribution in [3.63, 3.8) is 0 Å². The summed E-state index contributed by atoms with van der Waals surface area (Å²) in [5.74, 6) is -0.0368. The molecule has 5 nitrogen and oxygen atoms in total. The highest BCUT2D eigenvalue weighted by molar-refractivity contribution is 5.97. The van der Waals surface area contributed by atoms with Crippen molar-refractivity contribution in [3.05, 3.63) is 29.3 Å². The lowest BCUT2D eigenvalue weighted by Gasteiger charge is -2.28. The van der Waals surface area contributed by atoms with E-state index in [1.807, 2.05) is 19.9 Å². The van der Waals surface area contributed by atoms with Gasteiger partial charge in [0.1, 0.15) is 11.9 Å². The molecule has 0 bridgehead atoms. The Kier molecular flexibility index (Phi) is 5.08. The molecule has 0 saturated heterocycles. The van der Waals surface area contributed by atoms with Gasteiger partial charge in [0.15, 0.2) is 0 Å². The van der Waals surface area contributed by atoms with Crippen molar-refractivity contribution in [2.24, 2.45) is 0 Å². The molecule has 2 rings (SSSR count). The maximum absolute atomic E-state index is 12.7. The molecule has 0 aliphatic heterocycles. The van der Waals surface area contributed by atoms with Crippen LogP contribution in [0.3, 0.4) is 0 Å². The van der Waals surface area contributed by atoms with Crippen molar-refractivity contribution in [1.29, 1.82) is 0 Å². The van der Waals surface area contributed by atoms with Gasteiger partial charge >= 0.3 is 0 Å². The van der Waals surface area contributed by atoms with Crippen LogP contribution in [0.2, 0.25) is 0 Å². The third-order valence-corrected chi connectivity index (χ3v) is 4.56. The number of likely N-dealkylation sites (N-methyl/N-ethyl adjacent to an activating group) is 1. The van der Waals surface area contributed by atoms with Crippen molar-refractivity contribution in [2.75, 3.05) is 14.2 Å². The molecule has 3 atom stereocenters. The van der Waals surface area contributed by atoms with E-state index in [9.17, 15) is 15.0 Å². The van der Waals surface area contributed by atoms with Crippen LogP contribution in [0.4, 0.5) is 0 Å². The number of aliphatic hydroxyl groups excluding tert-OH is 1. The molecular weight excluding hydrogens is 282 g/mol. The molecule has 1 fully saturated rings. The van der Waals surface area contributed by atoms with Gasteiger partial charge in [-0.25, -0.2) is 0 Å². The Labute approximate surface area is 131 Å². The molecule has 0 heterocycles. The van der Waals surface area contributed by atoms with Gasteiger partial charge in [0.05, 0.1) is 17.7 Å². The molecule has 0 radical (unpaired) electrons. The Hall–Kier alpha value is -1.59. The molecule has 1 aromatic rings. The van der Waals surface area contributed by atoms with E-state index in [1.165, 1.54) is 4.90 Å². The fourth-order valence-electron chi connectivity index (χ4n) is 3.03. The number of rotatable bonds is 4. The van der Waals surface area contributed by atoms with Crippen LogP contribution in [-0.4, -0.2) is 53.4 Å². The second-order valence-electron chi connectivity index (χ2n) is 6.26. The van der Waals surface area contributed by atoms with Gasteiger partial charge < -0.3 is 19.8 Å². The number of hydrogen-bond donors (Lipinski definition) is 2. The van der Waals surface area contributed by atoms with Crippen LogP contribution < -0.4 is 0 Å². The van der Waals surface area contributed by atoms with E-state index < -0.39 is 6.10 Å². The molecule has 1 aromatic carbocycles. The molecule has 5 heteroatoms. The molecule has 122 valence electrons. The molecule has 0 aromatic heterocycles. The van der Waals surface area contributed by atoms with E-state index in [2.05, 4.69) is 0 Å². The number of aliphatic hydroxyl groups is 1. The van der Waals surface area contributed by atoms with Crippen LogP contribution in [0.5, 0.6) is 5.75 Å². The Morgan fingerprint density at radius 2 is 2.05 bits per heavy atom. The quantitative estimate of drug-likeness (QED) is 0.894. The Morgan fingerprint density at radius 3 is 2.59 bits per heavy atom. The van der Waals surface area contributed by atoms with Crippen molar-refractivity contribution in [2.45, 2.75) is 50.9 Å². The average molecular weight is 307 g/mol. The Balaban J connectivity index is 2.22. The van der Waals surface area contributed by atoms with Gasteiger partial charge in [0, 0.05) is 14.2 Å². The van der Waals surface area contributed by atoms with Crippen LogP contribution in [0.15, 0.2) is 18.2 Å². The molecule has 1 saturated carbocycles. The number of phenols is 1. The van der Waals surface area contributed by atoms with Crippen LogP contribution in [0.25, 0.3) is 0 Å². The fourth-order valence-corrected chi connectivity index (χ4v) is 3.03. The molecule has 2 N–H and O–H groups in total. The number of hydrogen-bond acceptors (Lipinski definition) is 4. The van der Waals surface area contributed by atoms with Gasteiger partial charge in [-0.05, 0) is 36.5 Å². The summed E-state index contributed by atoms with van der Waals surface area (Å²) in [6, 6.07) is 4.81. The smallest absolute Gasteiger partial charge is 0.257 e. The third-order valence-electron chi connectivity index (χ3n) is 4.56. The number of methoxy groups -OCH3 is 1. The summed E-state index contributed by atoms with van der Waals surface area (Å²) in [4.78, 5) is 14.2. The summed E-state index contributed by atoms with van der Waals surface area (Å²) < 4.78 is 5.23. The van der Waals surface area contributed by atoms with Crippen molar-refractivity contribution >= 4 is 5.91 Å². The molecule has 1 aliphatic carbocycles. The second kappa shape index (κ2) is 6.67. The minimum atomic E-state index is -0.700. The number of carbonyl (C=O) groups is 1.